The molecule has 9 heteroatoms. The fourth-order valence-corrected chi connectivity index (χ4v) is 2.81. The van der Waals surface area contributed by atoms with E-state index in [0.717, 1.165) is 22.3 Å². The van der Waals surface area contributed by atoms with Crippen LogP contribution in [0.1, 0.15) is 0 Å². The molecule has 0 bridgehead atoms. The van der Waals surface area contributed by atoms with Crippen LogP contribution < -0.4 is 44.7 Å². The number of carbonyl (C=O) groups is 2. The molecule has 0 aromatic heterocycles. The van der Waals surface area contributed by atoms with Crippen molar-refractivity contribution in [3.05, 3.63) is 35.4 Å². The van der Waals surface area contributed by atoms with Crippen LogP contribution in [0.3, 0.4) is 0 Å². The van der Waals surface area contributed by atoms with E-state index in [9.17, 15) is 14.7 Å². The van der Waals surface area contributed by atoms with Crippen molar-refractivity contribution in [2.45, 2.75) is 0 Å². The Balaban J connectivity index is 0.00000242. The molecule has 0 atom stereocenters. The number of aliphatic carboxylic acids is 1. The van der Waals surface area contributed by atoms with Crippen LogP contribution in [0.15, 0.2) is 35.4 Å². The van der Waals surface area contributed by atoms with E-state index in [2.05, 4.69) is 5.32 Å². The number of methoxy groups -OCH3 is 1. The molecule has 1 amide bonds. The number of hydrogen-bond donors (Lipinski definition) is 1. The first-order chi connectivity index (χ1) is 10.0. The average Bonchev–Trinajstić information content (AvgIpc) is 2.72. The zero-order valence-corrected chi connectivity index (χ0v) is 15.6. The van der Waals surface area contributed by atoms with Crippen LogP contribution in [0.4, 0.5) is 5.69 Å². The molecule has 1 fully saturated rings. The molecular weight excluding hydrogens is 335 g/mol. The normalized spacial score (nSPS) is 15.7. The summed E-state index contributed by atoms with van der Waals surface area (Å²) < 4.78 is 5.29. The molecule has 1 aromatic rings. The summed E-state index contributed by atoms with van der Waals surface area (Å²) in [4.78, 5) is 23.9. The van der Waals surface area contributed by atoms with Gasteiger partial charge in [-0.3, -0.25) is 9.69 Å². The number of amides is 1. The minimum absolute atomic E-state index is 0. The molecule has 1 aromatic carbocycles. The largest absolute Gasteiger partial charge is 1.00 e. The van der Waals surface area contributed by atoms with Crippen molar-refractivity contribution in [3.63, 3.8) is 0 Å². The third-order valence-electron chi connectivity index (χ3n) is 2.60. The van der Waals surface area contributed by atoms with E-state index in [1.807, 2.05) is 0 Å². The van der Waals surface area contributed by atoms with Gasteiger partial charge in [-0.15, -0.1) is 0 Å². The topological polar surface area (TPSA) is 81.7 Å². The monoisotopic (exact) mass is 346 g/mol. The second kappa shape index (κ2) is 8.54. The van der Waals surface area contributed by atoms with Gasteiger partial charge in [0, 0.05) is 18.0 Å². The van der Waals surface area contributed by atoms with E-state index in [-0.39, 0.29) is 33.9 Å². The van der Waals surface area contributed by atoms with E-state index in [4.69, 9.17) is 17.0 Å². The number of carbonyl (C=O) groups excluding carboxylic acids is 2. The minimum Gasteiger partial charge on any atom is -0.548 e. The van der Waals surface area contributed by atoms with E-state index < -0.39 is 18.4 Å². The molecule has 1 N–H and O–H groups in total. The number of thioether (sulfide) groups is 1. The average molecular weight is 346 g/mol. The first-order valence-electron chi connectivity index (χ1n) is 5.85. The van der Waals surface area contributed by atoms with Gasteiger partial charge in [0.25, 0.3) is 5.91 Å². The fraction of sp³-hybridized carbons (Fsp3) is 0.154. The zero-order chi connectivity index (χ0) is 15.4. The summed E-state index contributed by atoms with van der Waals surface area (Å²) in [6.45, 7) is -0.541. The summed E-state index contributed by atoms with van der Waals surface area (Å²) in [5, 5.41) is 13.5. The Morgan fingerprint density at radius 1 is 1.55 bits per heavy atom. The number of thiocarbonyl (C=S) groups is 1. The van der Waals surface area contributed by atoms with Gasteiger partial charge < -0.3 is 20.0 Å². The van der Waals surface area contributed by atoms with Crippen LogP contribution in [-0.2, 0) is 9.59 Å². The fourth-order valence-electron chi connectivity index (χ4n) is 1.63. The van der Waals surface area contributed by atoms with Gasteiger partial charge in [0.1, 0.15) is 10.1 Å². The molecule has 1 aliphatic heterocycles. The molecule has 110 valence electrons. The van der Waals surface area contributed by atoms with Gasteiger partial charge in [0.15, 0.2) is 0 Å². The molecule has 22 heavy (non-hydrogen) atoms. The van der Waals surface area contributed by atoms with Gasteiger partial charge in [0.05, 0.1) is 24.5 Å². The summed E-state index contributed by atoms with van der Waals surface area (Å²) in [5.74, 6) is -1.13. The van der Waals surface area contributed by atoms with Gasteiger partial charge in [-0.25, -0.2) is 0 Å². The Morgan fingerprint density at radius 3 is 2.91 bits per heavy atom. The number of nitrogens with zero attached hydrogens (tertiary/aromatic N) is 1. The summed E-state index contributed by atoms with van der Waals surface area (Å²) in [6.07, 6.45) is 1.49. The molecule has 0 saturated carbocycles. The SMILES string of the molecule is COc1cccc(NC=C2SC(=S)N(CC(=O)[O-])C2=O)c1.[Na+]. The second-order valence-electron chi connectivity index (χ2n) is 4.02. The van der Waals surface area contributed by atoms with Crippen molar-refractivity contribution in [1.82, 2.24) is 4.90 Å². The van der Waals surface area contributed by atoms with Crippen molar-refractivity contribution in [2.75, 3.05) is 19.0 Å². The molecule has 0 radical (unpaired) electrons. The van der Waals surface area contributed by atoms with E-state index in [0.29, 0.717) is 10.7 Å². The minimum atomic E-state index is -1.35. The first kappa shape index (κ1) is 19.0. The zero-order valence-electron chi connectivity index (χ0n) is 12.0. The van der Waals surface area contributed by atoms with Crippen molar-refractivity contribution < 1.29 is 49.0 Å². The molecule has 1 heterocycles. The maximum Gasteiger partial charge on any atom is 1.00 e. The maximum absolute atomic E-state index is 12.0. The second-order valence-corrected chi connectivity index (χ2v) is 5.69. The van der Waals surface area contributed by atoms with Crippen LogP contribution in [0, 0.1) is 0 Å². The predicted molar refractivity (Wildman–Crippen MR) is 81.6 cm³/mol. The Hall–Kier alpha value is -1.06. The van der Waals surface area contributed by atoms with Crippen LogP contribution in [-0.4, -0.2) is 34.8 Å². The number of carboxylic acid groups (broad SMARTS) is 1. The molecule has 6 nitrogen and oxygen atoms in total. The summed E-state index contributed by atoms with van der Waals surface area (Å²) in [5.41, 5.74) is 0.736. The molecule has 0 spiro atoms. The van der Waals surface area contributed by atoms with Gasteiger partial charge >= 0.3 is 29.6 Å². The van der Waals surface area contributed by atoms with E-state index >= 15 is 0 Å². The van der Waals surface area contributed by atoms with Crippen molar-refractivity contribution >= 4 is 45.9 Å². The number of hydrogen-bond acceptors (Lipinski definition) is 7. The molecular formula is C13H11N2NaO4S2. The van der Waals surface area contributed by atoms with Gasteiger partial charge in [-0.1, -0.05) is 30.0 Å². The molecule has 1 aliphatic rings. The molecule has 2 rings (SSSR count). The summed E-state index contributed by atoms with van der Waals surface area (Å²) in [6, 6.07) is 7.17. The van der Waals surface area contributed by atoms with Crippen molar-refractivity contribution in [2.24, 2.45) is 0 Å². The third-order valence-corrected chi connectivity index (χ3v) is 3.98. The standard InChI is InChI=1S/C13H12N2O4S2.Na/c1-19-9-4-2-3-8(5-9)14-6-10-12(18)15(7-11(16)17)13(20)21-10;/h2-6,14H,7H2,1H3,(H,16,17);/q;+1/p-1. The van der Waals surface area contributed by atoms with Crippen LogP contribution >= 0.6 is 24.0 Å². The van der Waals surface area contributed by atoms with E-state index in [1.54, 1.807) is 31.4 Å². The Morgan fingerprint density at radius 2 is 2.27 bits per heavy atom. The van der Waals surface area contributed by atoms with Crippen LogP contribution in [0.2, 0.25) is 0 Å². The van der Waals surface area contributed by atoms with Crippen LogP contribution in [0.25, 0.3) is 0 Å². The van der Waals surface area contributed by atoms with E-state index in [1.165, 1.54) is 6.20 Å². The number of carboxylic acids is 1. The number of benzene rings is 1. The van der Waals surface area contributed by atoms with Gasteiger partial charge in [-0.05, 0) is 12.1 Å². The number of nitrogens with one attached hydrogen (secondary N) is 1. The summed E-state index contributed by atoms with van der Waals surface area (Å²) in [7, 11) is 1.56. The van der Waals surface area contributed by atoms with Crippen LogP contribution in [0.5, 0.6) is 5.75 Å². The van der Waals surface area contributed by atoms with Gasteiger partial charge in [0.2, 0.25) is 0 Å². The Labute approximate surface area is 159 Å². The molecule has 0 unspecified atom stereocenters. The van der Waals surface area contributed by atoms with Gasteiger partial charge in [-0.2, -0.15) is 0 Å². The molecule has 0 aliphatic carbocycles. The predicted octanol–water partition coefficient (Wildman–Crippen LogP) is -2.44. The van der Waals surface area contributed by atoms with Crippen molar-refractivity contribution in [1.29, 1.82) is 0 Å². The van der Waals surface area contributed by atoms with Crippen molar-refractivity contribution in [3.8, 4) is 5.75 Å². The Kier molecular flexibility index (Phi) is 7.37. The smallest absolute Gasteiger partial charge is 0.548 e. The maximum atomic E-state index is 12.0. The molecule has 1 saturated heterocycles. The quantitative estimate of drug-likeness (QED) is 0.360. The number of ether oxygens (including phenoxy) is 1. The third kappa shape index (κ3) is 4.72. The Bertz CT molecular complexity index is 636. The number of rotatable bonds is 5. The summed E-state index contributed by atoms with van der Waals surface area (Å²) >= 11 is 6.01. The number of anilines is 1. The first-order valence-corrected chi connectivity index (χ1v) is 7.08.